The smallest absolute Gasteiger partial charge is 0.230 e. The molecule has 160 valence electrons. The van der Waals surface area contributed by atoms with E-state index in [1.165, 1.54) is 6.07 Å². The maximum Gasteiger partial charge on any atom is 0.230 e. The quantitative estimate of drug-likeness (QED) is 0.336. The predicted octanol–water partition coefficient (Wildman–Crippen LogP) is 6.56. The number of nitrogens with zero attached hydrogens (tertiary/aromatic N) is 5. The summed E-state index contributed by atoms with van der Waals surface area (Å²) >= 11 is 0. The van der Waals surface area contributed by atoms with E-state index in [0.717, 1.165) is 0 Å². The molecular weight excluding hydrogens is 404 g/mol. The lowest BCUT2D eigenvalue weighted by Gasteiger charge is -2.22. The van der Waals surface area contributed by atoms with Crippen molar-refractivity contribution in [2.45, 2.75) is 39.5 Å². The lowest BCUT2D eigenvalue weighted by atomic mass is 10.2. The van der Waals surface area contributed by atoms with Crippen LogP contribution in [0.3, 0.4) is 0 Å². The summed E-state index contributed by atoms with van der Waals surface area (Å²) in [6.45, 7) is 9.16. The van der Waals surface area contributed by atoms with E-state index in [1.807, 2.05) is 32.0 Å². The van der Waals surface area contributed by atoms with E-state index >= 15 is 0 Å². The van der Waals surface area contributed by atoms with Gasteiger partial charge in [-0.2, -0.15) is 15.1 Å². The molecule has 4 N–H and O–H groups in total. The minimum atomic E-state index is -3.91. The van der Waals surface area contributed by atoms with E-state index in [0.29, 0.717) is 34.5 Å². The topological polar surface area (TPSA) is 136 Å². The van der Waals surface area contributed by atoms with Gasteiger partial charge in [0.05, 0.1) is 16.3 Å². The van der Waals surface area contributed by atoms with Gasteiger partial charge in [-0.1, -0.05) is 32.0 Å². The fourth-order valence-electron chi connectivity index (χ4n) is 2.55. The zero-order valence-electron chi connectivity index (χ0n) is 17.5. The summed E-state index contributed by atoms with van der Waals surface area (Å²) in [5.74, 6) is 1.43. The molecule has 10 heteroatoms. The Bertz CT molecular complexity index is 1000. The molecule has 0 aliphatic carbocycles. The Morgan fingerprint density at radius 1 is 0.833 bits per heavy atom. The van der Waals surface area contributed by atoms with Crippen LogP contribution in [-0.2, 0) is 0 Å². The van der Waals surface area contributed by atoms with Crippen LogP contribution in [0.1, 0.15) is 31.1 Å². The van der Waals surface area contributed by atoms with Gasteiger partial charge in [-0.15, -0.1) is 5.11 Å². The Hall–Kier alpha value is -2.92. The minimum absolute atomic E-state index is 0.0249. The summed E-state index contributed by atoms with van der Waals surface area (Å²) in [6, 6.07) is 12.1. The molecule has 30 heavy (non-hydrogen) atoms. The van der Waals surface area contributed by atoms with Crippen LogP contribution in [0.2, 0.25) is 0 Å². The van der Waals surface area contributed by atoms with Crippen molar-refractivity contribution in [3.05, 3.63) is 59.7 Å². The number of hydrogen-bond donors (Lipinski definition) is 4. The number of nitrogens with one attached hydrogen (secondary N) is 1. The number of rotatable bonds is 5. The molecular formula is C20H26N6O3S. The van der Waals surface area contributed by atoms with E-state index in [2.05, 4.69) is 30.5 Å². The lowest BCUT2D eigenvalue weighted by molar-refractivity contribution is 0.375. The van der Waals surface area contributed by atoms with Crippen LogP contribution in [-0.4, -0.2) is 28.6 Å². The van der Waals surface area contributed by atoms with Gasteiger partial charge in [0.1, 0.15) is 28.2 Å². The summed E-state index contributed by atoms with van der Waals surface area (Å²) in [6.07, 6.45) is 0. The molecule has 0 aliphatic heterocycles. The Kier molecular flexibility index (Phi) is 7.95. The number of hydrogen-bond acceptors (Lipinski definition) is 9. The maximum absolute atomic E-state index is 9.70. The summed E-state index contributed by atoms with van der Waals surface area (Å²) in [5.41, 5.74) is 1.87. The average Bonchev–Trinajstić information content (AvgIpc) is 2.68. The number of anilines is 2. The third kappa shape index (κ3) is 6.29. The highest BCUT2D eigenvalue weighted by molar-refractivity contribution is 8.19. The van der Waals surface area contributed by atoms with Crippen LogP contribution in [0.4, 0.5) is 23.0 Å². The highest BCUT2D eigenvalue weighted by atomic mass is 32.3. The zero-order valence-corrected chi connectivity index (χ0v) is 18.3. The molecule has 0 amide bonds. The second kappa shape index (κ2) is 10.2. The Morgan fingerprint density at radius 2 is 1.43 bits per heavy atom. The molecule has 0 unspecified atom stereocenters. The van der Waals surface area contributed by atoms with Gasteiger partial charge in [0.25, 0.3) is 0 Å². The number of azo groups is 1. The molecule has 0 bridgehead atoms. The van der Waals surface area contributed by atoms with Gasteiger partial charge in [0.15, 0.2) is 0 Å². The van der Waals surface area contributed by atoms with Crippen molar-refractivity contribution in [3.63, 3.8) is 0 Å². The Labute approximate surface area is 177 Å². The number of benzene rings is 2. The van der Waals surface area contributed by atoms with Gasteiger partial charge in [-0.25, -0.2) is 4.98 Å². The van der Waals surface area contributed by atoms with Gasteiger partial charge in [-0.05, 0) is 50.6 Å². The van der Waals surface area contributed by atoms with Gasteiger partial charge < -0.3 is 19.0 Å². The second-order valence-corrected chi connectivity index (χ2v) is 7.55. The van der Waals surface area contributed by atoms with Crippen molar-refractivity contribution < 1.29 is 13.7 Å². The summed E-state index contributed by atoms with van der Waals surface area (Å²) in [4.78, 5) is 12.6. The van der Waals surface area contributed by atoms with Crippen LogP contribution in [0.15, 0.2) is 57.6 Å². The van der Waals surface area contributed by atoms with E-state index < -0.39 is 10.9 Å². The molecule has 0 saturated carbocycles. The SMILES string of the molecule is CC.Cc1nc(C)nc(Nc2cc(C)c(S(O)(O)O)cc2N=Nc2ccccc2)n1. The van der Waals surface area contributed by atoms with Gasteiger partial charge in [0.2, 0.25) is 5.95 Å². The van der Waals surface area contributed by atoms with Crippen molar-refractivity contribution >= 4 is 33.9 Å². The summed E-state index contributed by atoms with van der Waals surface area (Å²) in [5, 5.41) is 11.4. The Balaban J connectivity index is 0.00000155. The second-order valence-electron chi connectivity index (χ2n) is 6.07. The minimum Gasteiger partial charge on any atom is -0.322 e. The molecule has 2 aromatic carbocycles. The highest BCUT2D eigenvalue weighted by Gasteiger charge is 2.21. The van der Waals surface area contributed by atoms with Gasteiger partial charge in [0, 0.05) is 0 Å². The Morgan fingerprint density at radius 3 is 2.00 bits per heavy atom. The molecule has 0 aliphatic rings. The van der Waals surface area contributed by atoms with E-state index in [9.17, 15) is 13.7 Å². The highest BCUT2D eigenvalue weighted by Crippen LogP contribution is 2.48. The normalized spacial score (nSPS) is 11.7. The summed E-state index contributed by atoms with van der Waals surface area (Å²) < 4.78 is 29.1. The third-order valence-corrected chi connectivity index (χ3v) is 4.75. The van der Waals surface area contributed by atoms with Crippen molar-refractivity contribution in [1.82, 2.24) is 15.0 Å². The first-order chi connectivity index (χ1) is 14.2. The van der Waals surface area contributed by atoms with Crippen molar-refractivity contribution in [2.75, 3.05) is 5.32 Å². The molecule has 3 aromatic rings. The van der Waals surface area contributed by atoms with Crippen molar-refractivity contribution in [2.24, 2.45) is 10.2 Å². The molecule has 3 rings (SSSR count). The monoisotopic (exact) mass is 430 g/mol. The lowest BCUT2D eigenvalue weighted by Crippen LogP contribution is -2.04. The fraction of sp³-hybridized carbons (Fsp3) is 0.250. The van der Waals surface area contributed by atoms with Crippen LogP contribution >= 0.6 is 10.9 Å². The number of aromatic nitrogens is 3. The van der Waals surface area contributed by atoms with Crippen molar-refractivity contribution in [1.29, 1.82) is 0 Å². The molecule has 1 aromatic heterocycles. The maximum atomic E-state index is 9.70. The molecule has 0 spiro atoms. The van der Waals surface area contributed by atoms with E-state index in [-0.39, 0.29) is 10.6 Å². The number of aryl methyl sites for hydroxylation is 3. The molecule has 0 saturated heterocycles. The standard InChI is InChI=1S/C18H20N6O3S.C2H6/c1-11-9-15(22-18-20-12(2)19-13(3)21-18)16(10-17(11)28(25,26)27)24-23-14-7-5-4-6-8-14;1-2/h4-10,25-27H,1-3H3,(H,19,20,21,22);1-2H3. The largest absolute Gasteiger partial charge is 0.322 e. The molecule has 0 radical (unpaired) electrons. The average molecular weight is 431 g/mol. The van der Waals surface area contributed by atoms with Gasteiger partial charge in [-0.3, -0.25) is 0 Å². The third-order valence-electron chi connectivity index (χ3n) is 3.72. The first-order valence-corrected chi connectivity index (χ1v) is 10.8. The molecule has 9 nitrogen and oxygen atoms in total. The van der Waals surface area contributed by atoms with E-state index in [1.54, 1.807) is 39.0 Å². The first-order valence-electron chi connectivity index (χ1n) is 9.31. The predicted molar refractivity (Wildman–Crippen MR) is 119 cm³/mol. The van der Waals surface area contributed by atoms with Crippen LogP contribution in [0.5, 0.6) is 0 Å². The van der Waals surface area contributed by atoms with Gasteiger partial charge >= 0.3 is 0 Å². The first kappa shape index (κ1) is 23.4. The zero-order chi connectivity index (χ0) is 22.3. The van der Waals surface area contributed by atoms with Crippen LogP contribution in [0, 0.1) is 20.8 Å². The molecule has 0 atom stereocenters. The summed E-state index contributed by atoms with van der Waals surface area (Å²) in [7, 11) is -3.91. The molecule has 1 heterocycles. The fourth-order valence-corrected chi connectivity index (χ4v) is 3.31. The molecule has 0 fully saturated rings. The van der Waals surface area contributed by atoms with E-state index in [4.69, 9.17) is 0 Å². The van der Waals surface area contributed by atoms with Crippen LogP contribution < -0.4 is 5.32 Å². The van der Waals surface area contributed by atoms with Crippen molar-refractivity contribution in [3.8, 4) is 0 Å². The van der Waals surface area contributed by atoms with Crippen LogP contribution in [0.25, 0.3) is 0 Å².